The summed E-state index contributed by atoms with van der Waals surface area (Å²) in [6.07, 6.45) is -4.73. The molecule has 0 spiro atoms. The first-order valence-electron chi connectivity index (χ1n) is 3.49. The van der Waals surface area contributed by atoms with Crippen LogP contribution in [-0.2, 0) is 6.18 Å². The van der Waals surface area contributed by atoms with Crippen LogP contribution in [0, 0.1) is 5.82 Å². The molecule has 0 amide bonds. The molecule has 1 aromatic rings. The molecule has 0 aliphatic carbocycles. The first-order valence-corrected chi connectivity index (χ1v) is 3.90. The van der Waals surface area contributed by atoms with Crippen molar-refractivity contribution in [1.82, 2.24) is 0 Å². The summed E-state index contributed by atoms with van der Waals surface area (Å²) in [4.78, 5) is -0.395. The quantitative estimate of drug-likeness (QED) is 0.584. The minimum atomic E-state index is -4.73. The molecular weight excluding hydrogens is 218 g/mol. The normalized spacial score (nSPS) is 11.4. The number of thiocarbonyl (C=S) groups is 1. The number of halogens is 4. The van der Waals surface area contributed by atoms with Gasteiger partial charge in [-0.15, -0.1) is 0 Å². The Balaban J connectivity index is 3.35. The topological polar surface area (TPSA) is 26.0 Å². The van der Waals surface area contributed by atoms with Gasteiger partial charge in [-0.25, -0.2) is 4.39 Å². The van der Waals surface area contributed by atoms with E-state index in [1.807, 2.05) is 0 Å². The summed E-state index contributed by atoms with van der Waals surface area (Å²) in [5.74, 6) is -1.42. The Kier molecular flexibility index (Phi) is 2.75. The molecule has 0 aliphatic heterocycles. The molecule has 0 saturated heterocycles. The summed E-state index contributed by atoms with van der Waals surface area (Å²) >= 11 is 4.40. The van der Waals surface area contributed by atoms with Crippen molar-refractivity contribution in [2.75, 3.05) is 0 Å². The molecular formula is C8H5F4NS. The van der Waals surface area contributed by atoms with Crippen molar-refractivity contribution in [3.63, 3.8) is 0 Å². The Labute approximate surface area is 82.5 Å². The average molecular weight is 223 g/mol. The number of nitrogens with two attached hydrogens (primary N) is 1. The lowest BCUT2D eigenvalue weighted by molar-refractivity contribution is -0.140. The molecule has 1 aromatic carbocycles. The van der Waals surface area contributed by atoms with Gasteiger partial charge >= 0.3 is 6.18 Å². The zero-order chi connectivity index (χ0) is 10.9. The molecule has 76 valence electrons. The highest BCUT2D eigenvalue weighted by molar-refractivity contribution is 7.80. The van der Waals surface area contributed by atoms with Gasteiger partial charge in [0.25, 0.3) is 0 Å². The second-order valence-electron chi connectivity index (χ2n) is 2.53. The molecule has 6 heteroatoms. The van der Waals surface area contributed by atoms with E-state index in [9.17, 15) is 17.6 Å². The third-order valence-electron chi connectivity index (χ3n) is 1.57. The molecule has 0 fully saturated rings. The van der Waals surface area contributed by atoms with E-state index in [1.54, 1.807) is 0 Å². The van der Waals surface area contributed by atoms with Crippen LogP contribution in [0.25, 0.3) is 0 Å². The maximum atomic E-state index is 13.1. The SMILES string of the molecule is NC(=S)c1cccc(C(F)(F)F)c1F. The van der Waals surface area contributed by atoms with E-state index < -0.39 is 28.1 Å². The Hall–Kier alpha value is -1.17. The monoisotopic (exact) mass is 223 g/mol. The molecule has 0 aliphatic rings. The fourth-order valence-corrected chi connectivity index (χ4v) is 1.10. The summed E-state index contributed by atoms with van der Waals surface area (Å²) in [7, 11) is 0. The summed E-state index contributed by atoms with van der Waals surface area (Å²) < 4.78 is 49.6. The maximum absolute atomic E-state index is 13.1. The lowest BCUT2D eigenvalue weighted by Gasteiger charge is -2.09. The molecule has 0 bridgehead atoms. The minimum absolute atomic E-state index is 0.394. The van der Waals surface area contributed by atoms with Crippen LogP contribution in [0.5, 0.6) is 0 Å². The molecule has 0 aromatic heterocycles. The molecule has 0 heterocycles. The Morgan fingerprint density at radius 2 is 1.86 bits per heavy atom. The van der Waals surface area contributed by atoms with E-state index in [0.717, 1.165) is 12.1 Å². The van der Waals surface area contributed by atoms with Crippen LogP contribution in [0.3, 0.4) is 0 Å². The summed E-state index contributed by atoms with van der Waals surface area (Å²) in [5, 5.41) is 0. The molecule has 2 N–H and O–H groups in total. The largest absolute Gasteiger partial charge is 0.419 e. The Bertz CT molecular complexity index is 372. The second kappa shape index (κ2) is 3.53. The van der Waals surface area contributed by atoms with Crippen molar-refractivity contribution in [3.05, 3.63) is 35.1 Å². The number of hydrogen-bond acceptors (Lipinski definition) is 1. The van der Waals surface area contributed by atoms with Gasteiger partial charge in [0, 0.05) is 5.56 Å². The van der Waals surface area contributed by atoms with Gasteiger partial charge in [0.2, 0.25) is 0 Å². The smallest absolute Gasteiger partial charge is 0.389 e. The van der Waals surface area contributed by atoms with Gasteiger partial charge in [-0.1, -0.05) is 18.3 Å². The molecule has 14 heavy (non-hydrogen) atoms. The van der Waals surface area contributed by atoms with Crippen molar-refractivity contribution >= 4 is 17.2 Å². The molecule has 1 rings (SSSR count). The van der Waals surface area contributed by atoms with Crippen molar-refractivity contribution in [2.24, 2.45) is 5.73 Å². The first-order chi connectivity index (χ1) is 6.34. The van der Waals surface area contributed by atoms with E-state index >= 15 is 0 Å². The molecule has 0 saturated carbocycles. The maximum Gasteiger partial charge on any atom is 0.419 e. The van der Waals surface area contributed by atoms with E-state index in [1.165, 1.54) is 0 Å². The third-order valence-corrected chi connectivity index (χ3v) is 1.79. The van der Waals surface area contributed by atoms with Crippen molar-refractivity contribution in [2.45, 2.75) is 6.18 Å². The van der Waals surface area contributed by atoms with Gasteiger partial charge in [-0.3, -0.25) is 0 Å². The van der Waals surface area contributed by atoms with Crippen LogP contribution in [0.15, 0.2) is 18.2 Å². The standard InChI is InChI=1S/C8H5F4NS/c9-6-4(7(13)14)2-1-3-5(6)8(10,11)12/h1-3H,(H2,13,14). The Morgan fingerprint density at radius 1 is 1.29 bits per heavy atom. The highest BCUT2D eigenvalue weighted by Crippen LogP contribution is 2.32. The van der Waals surface area contributed by atoms with Crippen LogP contribution in [0.1, 0.15) is 11.1 Å². The van der Waals surface area contributed by atoms with E-state index in [2.05, 4.69) is 12.2 Å². The highest BCUT2D eigenvalue weighted by atomic mass is 32.1. The van der Waals surface area contributed by atoms with Gasteiger partial charge in [0.15, 0.2) is 0 Å². The van der Waals surface area contributed by atoms with Crippen LogP contribution < -0.4 is 5.73 Å². The first kappa shape index (κ1) is 10.9. The van der Waals surface area contributed by atoms with Crippen LogP contribution in [0.2, 0.25) is 0 Å². The summed E-state index contributed by atoms with van der Waals surface area (Å²) in [6, 6.07) is 2.80. The predicted octanol–water partition coefficient (Wildman–Crippen LogP) is 2.48. The molecule has 0 radical (unpaired) electrons. The Morgan fingerprint density at radius 3 is 2.29 bits per heavy atom. The number of rotatable bonds is 1. The van der Waals surface area contributed by atoms with E-state index in [0.29, 0.717) is 6.07 Å². The van der Waals surface area contributed by atoms with Gasteiger partial charge < -0.3 is 5.73 Å². The van der Waals surface area contributed by atoms with E-state index in [-0.39, 0.29) is 0 Å². The fourth-order valence-electron chi connectivity index (χ4n) is 0.941. The average Bonchev–Trinajstić information content (AvgIpc) is 2.01. The molecule has 0 unspecified atom stereocenters. The zero-order valence-electron chi connectivity index (χ0n) is 6.73. The van der Waals surface area contributed by atoms with Crippen LogP contribution in [-0.4, -0.2) is 4.99 Å². The van der Waals surface area contributed by atoms with Gasteiger partial charge in [0.05, 0.1) is 5.56 Å². The van der Waals surface area contributed by atoms with Gasteiger partial charge in [-0.05, 0) is 12.1 Å². The van der Waals surface area contributed by atoms with Crippen LogP contribution >= 0.6 is 12.2 Å². The van der Waals surface area contributed by atoms with E-state index in [4.69, 9.17) is 5.73 Å². The van der Waals surface area contributed by atoms with Gasteiger partial charge in [-0.2, -0.15) is 13.2 Å². The number of hydrogen-bond donors (Lipinski definition) is 1. The minimum Gasteiger partial charge on any atom is -0.389 e. The molecule has 1 nitrogen and oxygen atoms in total. The fraction of sp³-hybridized carbons (Fsp3) is 0.125. The lowest BCUT2D eigenvalue weighted by atomic mass is 10.1. The van der Waals surface area contributed by atoms with Crippen molar-refractivity contribution < 1.29 is 17.6 Å². The summed E-state index contributed by atoms with van der Waals surface area (Å²) in [5.41, 5.74) is 3.30. The third kappa shape index (κ3) is 2.01. The van der Waals surface area contributed by atoms with Crippen molar-refractivity contribution in [3.8, 4) is 0 Å². The molecule has 0 atom stereocenters. The number of benzene rings is 1. The zero-order valence-corrected chi connectivity index (χ0v) is 7.55. The van der Waals surface area contributed by atoms with Gasteiger partial charge in [0.1, 0.15) is 10.8 Å². The number of alkyl halides is 3. The highest BCUT2D eigenvalue weighted by Gasteiger charge is 2.34. The van der Waals surface area contributed by atoms with Crippen molar-refractivity contribution in [1.29, 1.82) is 0 Å². The predicted molar refractivity (Wildman–Crippen MR) is 47.3 cm³/mol. The lowest BCUT2D eigenvalue weighted by Crippen LogP contribution is -2.16. The van der Waals surface area contributed by atoms with Crippen LogP contribution in [0.4, 0.5) is 17.6 Å². The second-order valence-corrected chi connectivity index (χ2v) is 2.97. The summed E-state index contributed by atoms with van der Waals surface area (Å²) in [6.45, 7) is 0.